The molecule has 2 N–H and O–H groups in total. The summed E-state index contributed by atoms with van der Waals surface area (Å²) in [6.45, 7) is 4.59. The van der Waals surface area contributed by atoms with Gasteiger partial charge in [0.2, 0.25) is 0 Å². The molecule has 76 valence electrons. The minimum Gasteiger partial charge on any atom is -0.330 e. The number of likely N-dealkylation sites (tertiary alicyclic amines) is 2. The molecule has 0 saturated carbocycles. The summed E-state index contributed by atoms with van der Waals surface area (Å²) in [6.07, 6.45) is 1.29. The summed E-state index contributed by atoms with van der Waals surface area (Å²) in [6, 6.07) is 0.771. The Morgan fingerprint density at radius 2 is 2.08 bits per heavy atom. The van der Waals surface area contributed by atoms with Crippen LogP contribution in [0, 0.1) is 11.8 Å². The lowest BCUT2D eigenvalue weighted by atomic mass is 9.82. The molecule has 13 heavy (non-hydrogen) atoms. The quantitative estimate of drug-likeness (QED) is 0.612. The van der Waals surface area contributed by atoms with Gasteiger partial charge in [-0.15, -0.1) is 0 Å². The van der Waals surface area contributed by atoms with Crippen molar-refractivity contribution >= 4 is 0 Å². The summed E-state index contributed by atoms with van der Waals surface area (Å²) in [4.78, 5) is 4.96. The molecule has 3 unspecified atom stereocenters. The summed E-state index contributed by atoms with van der Waals surface area (Å²) in [5.74, 6) is 1.60. The van der Waals surface area contributed by atoms with Crippen LogP contribution in [-0.2, 0) is 0 Å². The first-order valence-electron chi connectivity index (χ1n) is 5.31. The Balaban J connectivity index is 2.08. The average Bonchev–Trinajstić information content (AvgIpc) is 2.48. The Morgan fingerprint density at radius 1 is 1.31 bits per heavy atom. The van der Waals surface area contributed by atoms with Crippen LogP contribution in [0.5, 0.6) is 0 Å². The van der Waals surface area contributed by atoms with Crippen molar-refractivity contribution in [3.05, 3.63) is 0 Å². The maximum Gasteiger partial charge on any atom is 0.0263 e. The smallest absolute Gasteiger partial charge is 0.0263 e. The van der Waals surface area contributed by atoms with Gasteiger partial charge in [-0.05, 0) is 45.4 Å². The molecule has 2 aliphatic heterocycles. The van der Waals surface area contributed by atoms with E-state index in [0.29, 0.717) is 0 Å². The summed E-state index contributed by atoms with van der Waals surface area (Å²) >= 11 is 0. The highest BCUT2D eigenvalue weighted by Gasteiger charge is 2.40. The Morgan fingerprint density at radius 3 is 2.77 bits per heavy atom. The number of rotatable bonds is 1. The second-order valence-electron chi connectivity index (χ2n) is 4.72. The maximum absolute atomic E-state index is 5.81. The van der Waals surface area contributed by atoms with Crippen LogP contribution in [-0.4, -0.2) is 56.1 Å². The fraction of sp³-hybridized carbons (Fsp3) is 1.00. The highest BCUT2D eigenvalue weighted by atomic mass is 15.2. The van der Waals surface area contributed by atoms with Crippen molar-refractivity contribution in [1.82, 2.24) is 9.80 Å². The van der Waals surface area contributed by atoms with Gasteiger partial charge in [0, 0.05) is 19.1 Å². The van der Waals surface area contributed by atoms with Crippen LogP contribution in [0.1, 0.15) is 6.42 Å². The zero-order valence-corrected chi connectivity index (χ0v) is 8.74. The lowest BCUT2D eigenvalue weighted by Crippen LogP contribution is -2.48. The minimum atomic E-state index is 0.770. The molecule has 3 nitrogen and oxygen atoms in total. The summed E-state index contributed by atoms with van der Waals surface area (Å²) < 4.78 is 0. The molecular formula is C10H21N3. The van der Waals surface area contributed by atoms with E-state index >= 15 is 0 Å². The molecule has 2 saturated heterocycles. The molecular weight excluding hydrogens is 162 g/mol. The van der Waals surface area contributed by atoms with Crippen molar-refractivity contribution in [3.63, 3.8) is 0 Å². The molecule has 2 heterocycles. The van der Waals surface area contributed by atoms with Crippen molar-refractivity contribution in [3.8, 4) is 0 Å². The van der Waals surface area contributed by atoms with Gasteiger partial charge in [0.1, 0.15) is 0 Å². The second kappa shape index (κ2) is 3.56. The number of hydrogen-bond acceptors (Lipinski definition) is 3. The third-order valence-electron chi connectivity index (χ3n) is 3.84. The van der Waals surface area contributed by atoms with Crippen LogP contribution in [0.15, 0.2) is 0 Å². The monoisotopic (exact) mass is 183 g/mol. The van der Waals surface area contributed by atoms with Gasteiger partial charge in [-0.25, -0.2) is 0 Å². The Bertz CT molecular complexity index is 183. The minimum absolute atomic E-state index is 0.770. The standard InChI is InChI=1S/C10H21N3/c1-12-6-9-8(5-11)3-4-13(2)10(9)7-12/h8-10H,3-7,11H2,1-2H3. The molecule has 0 bridgehead atoms. The van der Waals surface area contributed by atoms with Gasteiger partial charge in [0.05, 0.1) is 0 Å². The lowest BCUT2D eigenvalue weighted by molar-refractivity contribution is 0.108. The van der Waals surface area contributed by atoms with Crippen LogP contribution in [0.3, 0.4) is 0 Å². The van der Waals surface area contributed by atoms with E-state index in [4.69, 9.17) is 5.73 Å². The van der Waals surface area contributed by atoms with Gasteiger partial charge in [-0.1, -0.05) is 0 Å². The number of hydrogen-bond donors (Lipinski definition) is 1. The highest BCUT2D eigenvalue weighted by Crippen LogP contribution is 2.32. The molecule has 0 aromatic carbocycles. The van der Waals surface area contributed by atoms with E-state index in [-0.39, 0.29) is 0 Å². The van der Waals surface area contributed by atoms with E-state index in [1.54, 1.807) is 0 Å². The number of piperidine rings is 1. The zero-order valence-electron chi connectivity index (χ0n) is 8.74. The maximum atomic E-state index is 5.81. The van der Waals surface area contributed by atoms with Gasteiger partial charge in [0.15, 0.2) is 0 Å². The predicted molar refractivity (Wildman–Crippen MR) is 54.6 cm³/mol. The lowest BCUT2D eigenvalue weighted by Gasteiger charge is -2.39. The first-order valence-corrected chi connectivity index (χ1v) is 5.31. The van der Waals surface area contributed by atoms with E-state index < -0.39 is 0 Å². The van der Waals surface area contributed by atoms with E-state index in [2.05, 4.69) is 23.9 Å². The number of likely N-dealkylation sites (N-methyl/N-ethyl adjacent to an activating group) is 2. The predicted octanol–water partition coefficient (Wildman–Crippen LogP) is -0.173. The van der Waals surface area contributed by atoms with Crippen LogP contribution in [0.2, 0.25) is 0 Å². The number of nitrogens with two attached hydrogens (primary N) is 1. The van der Waals surface area contributed by atoms with Gasteiger partial charge in [0.25, 0.3) is 0 Å². The number of fused-ring (bicyclic) bond motifs is 1. The molecule has 0 aromatic rings. The number of nitrogens with zero attached hydrogens (tertiary/aromatic N) is 2. The first kappa shape index (κ1) is 9.44. The van der Waals surface area contributed by atoms with Crippen LogP contribution < -0.4 is 5.73 Å². The molecule has 0 amide bonds. The molecule has 0 aromatic heterocycles. The van der Waals surface area contributed by atoms with E-state index in [1.165, 1.54) is 26.1 Å². The van der Waals surface area contributed by atoms with Crippen LogP contribution in [0.4, 0.5) is 0 Å². The summed E-state index contributed by atoms with van der Waals surface area (Å²) in [5.41, 5.74) is 5.81. The Kier molecular flexibility index (Phi) is 2.58. The molecule has 3 atom stereocenters. The molecule has 2 fully saturated rings. The van der Waals surface area contributed by atoms with Gasteiger partial charge in [-0.3, -0.25) is 0 Å². The average molecular weight is 183 g/mol. The topological polar surface area (TPSA) is 32.5 Å². The first-order chi connectivity index (χ1) is 6.22. The van der Waals surface area contributed by atoms with Gasteiger partial charge in [-0.2, -0.15) is 0 Å². The normalized spacial score (nSPS) is 42.2. The molecule has 0 spiro atoms. The molecule has 3 heteroatoms. The summed E-state index contributed by atoms with van der Waals surface area (Å²) in [5, 5.41) is 0. The van der Waals surface area contributed by atoms with Gasteiger partial charge >= 0.3 is 0 Å². The van der Waals surface area contributed by atoms with Crippen molar-refractivity contribution in [2.45, 2.75) is 12.5 Å². The van der Waals surface area contributed by atoms with E-state index in [9.17, 15) is 0 Å². The van der Waals surface area contributed by atoms with Crippen molar-refractivity contribution < 1.29 is 0 Å². The largest absolute Gasteiger partial charge is 0.330 e. The molecule has 2 rings (SSSR count). The fourth-order valence-electron chi connectivity index (χ4n) is 2.98. The third kappa shape index (κ3) is 1.60. The molecule has 0 radical (unpaired) electrons. The van der Waals surface area contributed by atoms with Crippen LogP contribution >= 0.6 is 0 Å². The van der Waals surface area contributed by atoms with Crippen molar-refractivity contribution in [1.29, 1.82) is 0 Å². The Labute approximate surface area is 80.9 Å². The highest BCUT2D eigenvalue weighted by molar-refractivity contribution is 4.95. The molecule has 0 aliphatic carbocycles. The Hall–Kier alpha value is -0.120. The third-order valence-corrected chi connectivity index (χ3v) is 3.84. The van der Waals surface area contributed by atoms with Crippen molar-refractivity contribution in [2.24, 2.45) is 17.6 Å². The van der Waals surface area contributed by atoms with E-state index in [1.807, 2.05) is 0 Å². The SMILES string of the molecule is CN1CC2C(CN)CCN(C)C2C1. The zero-order chi connectivity index (χ0) is 9.42. The van der Waals surface area contributed by atoms with Gasteiger partial charge < -0.3 is 15.5 Å². The van der Waals surface area contributed by atoms with Crippen LogP contribution in [0.25, 0.3) is 0 Å². The molecule has 2 aliphatic rings. The van der Waals surface area contributed by atoms with E-state index in [0.717, 1.165) is 24.4 Å². The second-order valence-corrected chi connectivity index (χ2v) is 4.72. The fourth-order valence-corrected chi connectivity index (χ4v) is 2.98. The van der Waals surface area contributed by atoms with Crippen molar-refractivity contribution in [2.75, 3.05) is 40.3 Å². The summed E-state index contributed by atoms with van der Waals surface area (Å²) in [7, 11) is 4.48.